The van der Waals surface area contributed by atoms with Crippen molar-refractivity contribution in [2.75, 3.05) is 5.32 Å². The molecule has 0 saturated carbocycles. The summed E-state index contributed by atoms with van der Waals surface area (Å²) in [5, 5.41) is 14.2. The van der Waals surface area contributed by atoms with E-state index in [0.717, 1.165) is 0 Å². The number of anilines is 1. The maximum Gasteiger partial charge on any atom is 0.336 e. The lowest BCUT2D eigenvalue weighted by molar-refractivity contribution is 0.0696. The molecule has 0 fully saturated rings. The highest BCUT2D eigenvalue weighted by atomic mass is 16.4. The quantitative estimate of drug-likeness (QED) is 0.726. The predicted molar refractivity (Wildman–Crippen MR) is 73.2 cm³/mol. The molecule has 0 saturated heterocycles. The van der Waals surface area contributed by atoms with Crippen LogP contribution in [0.25, 0.3) is 0 Å². The van der Waals surface area contributed by atoms with E-state index in [-0.39, 0.29) is 11.6 Å². The first-order valence-corrected chi connectivity index (χ1v) is 5.79. The Morgan fingerprint density at radius 2 is 2.16 bits per heavy atom. The smallest absolute Gasteiger partial charge is 0.336 e. The van der Waals surface area contributed by atoms with Gasteiger partial charge >= 0.3 is 12.0 Å². The first kappa shape index (κ1) is 14.6. The van der Waals surface area contributed by atoms with Gasteiger partial charge in [0.1, 0.15) is 0 Å². The standard InChI is InChI=1S/C14H16N2O3/c1-4-5-10(3)15-14(19)16-11-7-6-9(2)12(8-11)13(17)18/h1,6-8,10H,5H2,2-3H3,(H,17,18)(H2,15,16,19). The zero-order valence-corrected chi connectivity index (χ0v) is 10.9. The monoisotopic (exact) mass is 260 g/mol. The van der Waals surface area contributed by atoms with Crippen molar-refractivity contribution in [2.24, 2.45) is 0 Å². The third-order valence-electron chi connectivity index (χ3n) is 2.53. The summed E-state index contributed by atoms with van der Waals surface area (Å²) in [6, 6.07) is 4.15. The zero-order chi connectivity index (χ0) is 14.4. The second kappa shape index (κ2) is 6.45. The number of carboxylic acid groups (broad SMARTS) is 1. The Morgan fingerprint density at radius 3 is 2.74 bits per heavy atom. The highest BCUT2D eigenvalue weighted by Gasteiger charge is 2.10. The lowest BCUT2D eigenvalue weighted by atomic mass is 10.1. The van der Waals surface area contributed by atoms with Gasteiger partial charge in [-0.25, -0.2) is 9.59 Å². The van der Waals surface area contributed by atoms with Crippen molar-refractivity contribution in [2.45, 2.75) is 26.3 Å². The van der Waals surface area contributed by atoms with Crippen LogP contribution in [0.5, 0.6) is 0 Å². The van der Waals surface area contributed by atoms with E-state index in [0.29, 0.717) is 17.7 Å². The van der Waals surface area contributed by atoms with Crippen molar-refractivity contribution in [1.29, 1.82) is 0 Å². The summed E-state index contributed by atoms with van der Waals surface area (Å²) in [5.41, 5.74) is 1.22. The van der Waals surface area contributed by atoms with E-state index in [9.17, 15) is 9.59 Å². The van der Waals surface area contributed by atoms with E-state index >= 15 is 0 Å². The van der Waals surface area contributed by atoms with E-state index in [1.165, 1.54) is 6.07 Å². The second-order valence-electron chi connectivity index (χ2n) is 4.24. The SMILES string of the molecule is C#CCC(C)NC(=O)Nc1ccc(C)c(C(=O)O)c1. The average Bonchev–Trinajstić information content (AvgIpc) is 2.31. The number of nitrogens with one attached hydrogen (secondary N) is 2. The van der Waals surface area contributed by atoms with Gasteiger partial charge in [-0.1, -0.05) is 6.07 Å². The Kier molecular flexibility index (Phi) is 4.95. The molecule has 0 aliphatic carbocycles. The van der Waals surface area contributed by atoms with Gasteiger partial charge in [0.25, 0.3) is 0 Å². The number of amides is 2. The summed E-state index contributed by atoms with van der Waals surface area (Å²) in [4.78, 5) is 22.6. The molecule has 1 aromatic rings. The van der Waals surface area contributed by atoms with Gasteiger partial charge in [-0.3, -0.25) is 0 Å². The van der Waals surface area contributed by atoms with Gasteiger partial charge in [0, 0.05) is 18.2 Å². The van der Waals surface area contributed by atoms with Crippen LogP contribution in [0.2, 0.25) is 0 Å². The maximum absolute atomic E-state index is 11.6. The van der Waals surface area contributed by atoms with E-state index in [1.54, 1.807) is 26.0 Å². The molecular weight excluding hydrogens is 244 g/mol. The summed E-state index contributed by atoms with van der Waals surface area (Å²) in [6.45, 7) is 3.49. The fraction of sp³-hybridized carbons (Fsp3) is 0.286. The number of aryl methyl sites for hydroxylation is 1. The molecule has 0 aliphatic heterocycles. The number of hydrogen-bond donors (Lipinski definition) is 3. The minimum Gasteiger partial charge on any atom is -0.478 e. The number of aromatic carboxylic acids is 1. The van der Waals surface area contributed by atoms with Crippen molar-refractivity contribution in [3.63, 3.8) is 0 Å². The van der Waals surface area contributed by atoms with Gasteiger partial charge in [-0.05, 0) is 31.5 Å². The third kappa shape index (κ3) is 4.36. The largest absolute Gasteiger partial charge is 0.478 e. The topological polar surface area (TPSA) is 78.4 Å². The van der Waals surface area contributed by atoms with E-state index in [1.807, 2.05) is 0 Å². The van der Waals surface area contributed by atoms with Crippen molar-refractivity contribution in [3.8, 4) is 12.3 Å². The number of benzene rings is 1. The molecule has 1 atom stereocenters. The molecule has 100 valence electrons. The molecule has 0 heterocycles. The predicted octanol–water partition coefficient (Wildman–Crippen LogP) is 2.23. The molecule has 0 bridgehead atoms. The van der Waals surface area contributed by atoms with Crippen LogP contribution < -0.4 is 10.6 Å². The van der Waals surface area contributed by atoms with Crippen LogP contribution in [0.15, 0.2) is 18.2 Å². The molecule has 3 N–H and O–H groups in total. The molecule has 19 heavy (non-hydrogen) atoms. The van der Waals surface area contributed by atoms with E-state index in [2.05, 4.69) is 16.6 Å². The maximum atomic E-state index is 11.6. The summed E-state index contributed by atoms with van der Waals surface area (Å²) >= 11 is 0. The van der Waals surface area contributed by atoms with Crippen molar-refractivity contribution in [3.05, 3.63) is 29.3 Å². The molecule has 0 radical (unpaired) electrons. The summed E-state index contributed by atoms with van der Waals surface area (Å²) in [6.07, 6.45) is 5.57. The minimum atomic E-state index is -1.03. The number of carbonyl (C=O) groups excluding carboxylic acids is 1. The lowest BCUT2D eigenvalue weighted by Gasteiger charge is -2.12. The molecule has 2 amide bonds. The normalized spacial score (nSPS) is 11.2. The minimum absolute atomic E-state index is 0.144. The van der Waals surface area contributed by atoms with Crippen molar-refractivity contribution in [1.82, 2.24) is 5.32 Å². The Balaban J connectivity index is 2.73. The summed E-state index contributed by atoms with van der Waals surface area (Å²) in [7, 11) is 0. The van der Waals surface area contributed by atoms with Crippen molar-refractivity contribution < 1.29 is 14.7 Å². The van der Waals surface area contributed by atoms with Gasteiger partial charge in [-0.2, -0.15) is 0 Å². The molecular formula is C14H16N2O3. The summed E-state index contributed by atoms with van der Waals surface area (Å²) < 4.78 is 0. The lowest BCUT2D eigenvalue weighted by Crippen LogP contribution is -2.35. The van der Waals surface area contributed by atoms with Gasteiger partial charge in [-0.15, -0.1) is 12.3 Å². The molecule has 1 aromatic carbocycles. The van der Waals surface area contributed by atoms with Crippen LogP contribution in [0.4, 0.5) is 10.5 Å². The van der Waals surface area contributed by atoms with E-state index < -0.39 is 12.0 Å². The van der Waals surface area contributed by atoms with Crippen LogP contribution in [0, 0.1) is 19.3 Å². The number of carboxylic acids is 1. The molecule has 5 heteroatoms. The number of rotatable bonds is 4. The number of hydrogen-bond acceptors (Lipinski definition) is 2. The Hall–Kier alpha value is -2.48. The summed E-state index contributed by atoms with van der Waals surface area (Å²) in [5.74, 6) is 1.42. The first-order chi connectivity index (χ1) is 8.93. The molecule has 0 aliphatic rings. The number of terminal acetylenes is 1. The van der Waals surface area contributed by atoms with Gasteiger partial charge < -0.3 is 15.7 Å². The van der Waals surface area contributed by atoms with Gasteiger partial charge in [0.15, 0.2) is 0 Å². The molecule has 1 rings (SSSR count). The zero-order valence-electron chi connectivity index (χ0n) is 10.9. The fourth-order valence-electron chi connectivity index (χ4n) is 1.55. The Morgan fingerprint density at radius 1 is 1.47 bits per heavy atom. The number of carbonyl (C=O) groups is 2. The Bertz CT molecular complexity index is 532. The van der Waals surface area contributed by atoms with Crippen LogP contribution in [0.3, 0.4) is 0 Å². The van der Waals surface area contributed by atoms with Crippen LogP contribution in [-0.4, -0.2) is 23.1 Å². The van der Waals surface area contributed by atoms with E-state index in [4.69, 9.17) is 11.5 Å². The number of urea groups is 1. The van der Waals surface area contributed by atoms with Crippen LogP contribution in [-0.2, 0) is 0 Å². The van der Waals surface area contributed by atoms with Gasteiger partial charge in [0.2, 0.25) is 0 Å². The molecule has 1 unspecified atom stereocenters. The van der Waals surface area contributed by atoms with Gasteiger partial charge in [0.05, 0.1) is 5.56 Å². The average molecular weight is 260 g/mol. The fourth-order valence-corrected chi connectivity index (χ4v) is 1.55. The highest BCUT2D eigenvalue weighted by Crippen LogP contribution is 2.15. The van der Waals surface area contributed by atoms with Crippen LogP contribution >= 0.6 is 0 Å². The second-order valence-corrected chi connectivity index (χ2v) is 4.24. The van der Waals surface area contributed by atoms with Crippen molar-refractivity contribution >= 4 is 17.7 Å². The Labute approximate surface area is 112 Å². The third-order valence-corrected chi connectivity index (χ3v) is 2.53. The molecule has 0 spiro atoms. The molecule has 0 aromatic heterocycles. The highest BCUT2D eigenvalue weighted by molar-refractivity contribution is 5.94. The first-order valence-electron chi connectivity index (χ1n) is 5.79. The van der Waals surface area contributed by atoms with Crippen LogP contribution in [0.1, 0.15) is 29.3 Å². The molecule has 5 nitrogen and oxygen atoms in total.